The molecule has 0 saturated heterocycles. The van der Waals surface area contributed by atoms with Gasteiger partial charge in [-0.3, -0.25) is 0 Å². The van der Waals surface area contributed by atoms with Crippen LogP contribution in [0, 0.1) is 25.2 Å². The van der Waals surface area contributed by atoms with Gasteiger partial charge in [-0.05, 0) is 47.5 Å². The van der Waals surface area contributed by atoms with Gasteiger partial charge in [-0.25, -0.2) is 4.68 Å². The van der Waals surface area contributed by atoms with Crippen molar-refractivity contribution in [1.82, 2.24) is 9.78 Å². The van der Waals surface area contributed by atoms with Crippen LogP contribution in [-0.2, 0) is 0 Å². The molecule has 0 spiro atoms. The van der Waals surface area contributed by atoms with E-state index in [-0.39, 0.29) is 0 Å². The highest BCUT2D eigenvalue weighted by Gasteiger charge is 2.09. The van der Waals surface area contributed by atoms with E-state index in [4.69, 9.17) is 5.26 Å². The summed E-state index contributed by atoms with van der Waals surface area (Å²) in [5.41, 5.74) is 3.59. The molecule has 0 aliphatic carbocycles. The molecule has 0 atom stereocenters. The fourth-order valence-corrected chi connectivity index (χ4v) is 2.21. The summed E-state index contributed by atoms with van der Waals surface area (Å²) in [6.45, 7) is 3.92. The SMILES string of the molecule is Cc1ccc(-n2ncc(C#N)c2C)c(Br)c1. The Morgan fingerprint density at radius 2 is 2.12 bits per heavy atom. The molecule has 1 aromatic carbocycles. The molecule has 2 rings (SSSR count). The topological polar surface area (TPSA) is 41.6 Å². The van der Waals surface area contributed by atoms with Crippen LogP contribution in [0.1, 0.15) is 16.8 Å². The summed E-state index contributed by atoms with van der Waals surface area (Å²) in [7, 11) is 0. The summed E-state index contributed by atoms with van der Waals surface area (Å²) in [4.78, 5) is 0. The molecule has 0 radical (unpaired) electrons. The Morgan fingerprint density at radius 3 is 2.69 bits per heavy atom. The summed E-state index contributed by atoms with van der Waals surface area (Å²) in [5, 5.41) is 13.1. The van der Waals surface area contributed by atoms with Crippen LogP contribution in [0.3, 0.4) is 0 Å². The van der Waals surface area contributed by atoms with Crippen LogP contribution in [-0.4, -0.2) is 9.78 Å². The number of halogens is 1. The summed E-state index contributed by atoms with van der Waals surface area (Å²) < 4.78 is 2.74. The highest BCUT2D eigenvalue weighted by molar-refractivity contribution is 9.10. The van der Waals surface area contributed by atoms with E-state index in [0.29, 0.717) is 5.56 Å². The minimum Gasteiger partial charge on any atom is -0.236 e. The second kappa shape index (κ2) is 4.11. The largest absolute Gasteiger partial charge is 0.236 e. The molecule has 0 amide bonds. The summed E-state index contributed by atoms with van der Waals surface area (Å²) in [6, 6.07) is 8.16. The molecule has 16 heavy (non-hydrogen) atoms. The van der Waals surface area contributed by atoms with E-state index in [1.165, 1.54) is 5.56 Å². The molecule has 2 aromatic rings. The molecule has 1 heterocycles. The van der Waals surface area contributed by atoms with Crippen molar-refractivity contribution >= 4 is 15.9 Å². The maximum atomic E-state index is 8.88. The van der Waals surface area contributed by atoms with Gasteiger partial charge in [0, 0.05) is 4.47 Å². The van der Waals surface area contributed by atoms with Gasteiger partial charge in [0.1, 0.15) is 6.07 Å². The first-order chi connectivity index (χ1) is 7.63. The standard InChI is InChI=1S/C12H10BrN3/c1-8-3-4-12(11(13)5-8)16-9(2)10(6-14)7-15-16/h3-5,7H,1-2H3. The predicted molar refractivity (Wildman–Crippen MR) is 65.5 cm³/mol. The Labute approximate surface area is 102 Å². The molecule has 1 aromatic heterocycles. The minimum atomic E-state index is 0.604. The molecule has 0 aliphatic heterocycles. The van der Waals surface area contributed by atoms with Crippen LogP contribution in [0.4, 0.5) is 0 Å². The molecule has 80 valence electrons. The van der Waals surface area contributed by atoms with E-state index in [1.807, 2.05) is 32.0 Å². The molecule has 0 unspecified atom stereocenters. The summed E-state index contributed by atoms with van der Waals surface area (Å²) in [6.07, 6.45) is 1.58. The lowest BCUT2D eigenvalue weighted by molar-refractivity contribution is 0.842. The fourth-order valence-electron chi connectivity index (χ4n) is 1.55. The van der Waals surface area contributed by atoms with Crippen molar-refractivity contribution in [2.24, 2.45) is 0 Å². The van der Waals surface area contributed by atoms with Crippen molar-refractivity contribution in [3.8, 4) is 11.8 Å². The molecular weight excluding hydrogens is 266 g/mol. The van der Waals surface area contributed by atoms with Gasteiger partial charge in [0.25, 0.3) is 0 Å². The predicted octanol–water partition coefficient (Wildman–Crippen LogP) is 3.12. The fraction of sp³-hybridized carbons (Fsp3) is 0.167. The monoisotopic (exact) mass is 275 g/mol. The smallest absolute Gasteiger partial charge is 0.103 e. The van der Waals surface area contributed by atoms with Gasteiger partial charge >= 0.3 is 0 Å². The second-order valence-corrected chi connectivity index (χ2v) is 4.48. The highest BCUT2D eigenvalue weighted by Crippen LogP contribution is 2.23. The van der Waals surface area contributed by atoms with Gasteiger partial charge in [0.05, 0.1) is 23.1 Å². The number of nitriles is 1. The zero-order chi connectivity index (χ0) is 11.7. The lowest BCUT2D eigenvalue weighted by Gasteiger charge is -2.07. The van der Waals surface area contributed by atoms with Crippen LogP contribution in [0.25, 0.3) is 5.69 Å². The van der Waals surface area contributed by atoms with Gasteiger partial charge in [0.2, 0.25) is 0 Å². The molecule has 0 fully saturated rings. The van der Waals surface area contributed by atoms with Crippen LogP contribution in [0.2, 0.25) is 0 Å². The molecule has 0 bridgehead atoms. The first kappa shape index (κ1) is 10.9. The van der Waals surface area contributed by atoms with Gasteiger partial charge in [-0.2, -0.15) is 10.4 Å². The van der Waals surface area contributed by atoms with Crippen molar-refractivity contribution in [3.05, 3.63) is 45.7 Å². The Bertz CT molecular complexity index is 578. The summed E-state index contributed by atoms with van der Waals surface area (Å²) >= 11 is 3.51. The van der Waals surface area contributed by atoms with Gasteiger partial charge in [-0.15, -0.1) is 0 Å². The zero-order valence-electron chi connectivity index (χ0n) is 9.03. The zero-order valence-corrected chi connectivity index (χ0v) is 10.6. The molecule has 4 heteroatoms. The first-order valence-electron chi connectivity index (χ1n) is 4.84. The van der Waals surface area contributed by atoms with Crippen molar-refractivity contribution in [2.45, 2.75) is 13.8 Å². The average Bonchev–Trinajstić information content (AvgIpc) is 2.60. The number of hydrogen-bond donors (Lipinski definition) is 0. The van der Waals surface area contributed by atoms with Crippen LogP contribution in [0.5, 0.6) is 0 Å². The van der Waals surface area contributed by atoms with Gasteiger partial charge in [0.15, 0.2) is 0 Å². The Balaban J connectivity index is 2.60. The molecule has 0 N–H and O–H groups in total. The number of rotatable bonds is 1. The number of hydrogen-bond acceptors (Lipinski definition) is 2. The van der Waals surface area contributed by atoms with Crippen LogP contribution >= 0.6 is 15.9 Å². The first-order valence-corrected chi connectivity index (χ1v) is 5.64. The Hall–Kier alpha value is -1.60. The average molecular weight is 276 g/mol. The second-order valence-electron chi connectivity index (χ2n) is 3.62. The van der Waals surface area contributed by atoms with Crippen molar-refractivity contribution in [3.63, 3.8) is 0 Å². The third-order valence-corrected chi connectivity index (χ3v) is 3.10. The van der Waals surface area contributed by atoms with Crippen LogP contribution in [0.15, 0.2) is 28.9 Å². The molecule has 0 aliphatic rings. The number of benzene rings is 1. The van der Waals surface area contributed by atoms with Crippen molar-refractivity contribution in [2.75, 3.05) is 0 Å². The van der Waals surface area contributed by atoms with Crippen LogP contribution < -0.4 is 0 Å². The third-order valence-electron chi connectivity index (χ3n) is 2.46. The number of aromatic nitrogens is 2. The van der Waals surface area contributed by atoms with E-state index in [9.17, 15) is 0 Å². The normalized spacial score (nSPS) is 10.1. The van der Waals surface area contributed by atoms with E-state index in [1.54, 1.807) is 10.9 Å². The Morgan fingerprint density at radius 1 is 1.38 bits per heavy atom. The number of aryl methyl sites for hydroxylation is 1. The molecule has 3 nitrogen and oxygen atoms in total. The van der Waals surface area contributed by atoms with E-state index in [0.717, 1.165) is 15.9 Å². The maximum absolute atomic E-state index is 8.88. The van der Waals surface area contributed by atoms with E-state index < -0.39 is 0 Å². The van der Waals surface area contributed by atoms with Gasteiger partial charge < -0.3 is 0 Å². The number of nitrogens with zero attached hydrogens (tertiary/aromatic N) is 3. The molecular formula is C12H10BrN3. The van der Waals surface area contributed by atoms with E-state index >= 15 is 0 Å². The minimum absolute atomic E-state index is 0.604. The lowest BCUT2D eigenvalue weighted by Crippen LogP contribution is -2.00. The molecule has 0 saturated carbocycles. The highest BCUT2D eigenvalue weighted by atomic mass is 79.9. The summed E-state index contributed by atoms with van der Waals surface area (Å²) in [5.74, 6) is 0. The van der Waals surface area contributed by atoms with Crippen molar-refractivity contribution < 1.29 is 0 Å². The van der Waals surface area contributed by atoms with Gasteiger partial charge in [-0.1, -0.05) is 6.07 Å². The maximum Gasteiger partial charge on any atom is 0.103 e. The quantitative estimate of drug-likeness (QED) is 0.803. The van der Waals surface area contributed by atoms with Crippen molar-refractivity contribution in [1.29, 1.82) is 5.26 Å². The van der Waals surface area contributed by atoms with E-state index in [2.05, 4.69) is 27.1 Å². The Kier molecular flexibility index (Phi) is 2.80. The third kappa shape index (κ3) is 1.74. The lowest BCUT2D eigenvalue weighted by atomic mass is 10.2.